The summed E-state index contributed by atoms with van der Waals surface area (Å²) in [5.41, 5.74) is 5.38. The molecule has 4 aromatic carbocycles. The fraction of sp³-hybridized carbons (Fsp3) is 0.172. The first-order valence-corrected chi connectivity index (χ1v) is 13.1. The van der Waals surface area contributed by atoms with Crippen molar-refractivity contribution in [2.75, 3.05) is 5.08 Å². The van der Waals surface area contributed by atoms with Gasteiger partial charge in [-0.2, -0.15) is 0 Å². The maximum absolute atomic E-state index is 2.47. The van der Waals surface area contributed by atoms with Crippen LogP contribution in [0, 0.1) is 0 Å². The van der Waals surface area contributed by atoms with Gasteiger partial charge in [-0.15, -0.1) is 0 Å². The van der Waals surface area contributed by atoms with E-state index in [0.29, 0.717) is 0 Å². The van der Waals surface area contributed by atoms with E-state index in [1.54, 1.807) is 0 Å². The third kappa shape index (κ3) is 8.41. The molecular weight excluding hydrogens is 440 g/mol. The van der Waals surface area contributed by atoms with E-state index in [0.717, 1.165) is 31.3 Å². The number of hydrogen-bond acceptors (Lipinski definition) is 4. The topological polar surface area (TPSA) is 6.48 Å². The molecule has 4 rings (SSSR count). The van der Waals surface area contributed by atoms with Gasteiger partial charge in [0, 0.05) is 26.2 Å². The molecule has 0 N–H and O–H groups in total. The van der Waals surface area contributed by atoms with Crippen LogP contribution in [-0.4, -0.2) is 13.7 Å². The second kappa shape index (κ2) is 13.3. The summed E-state index contributed by atoms with van der Waals surface area (Å²) in [4.78, 5) is 0. The van der Waals surface area contributed by atoms with Gasteiger partial charge in [0.15, 0.2) is 0 Å². The van der Waals surface area contributed by atoms with Crippen LogP contribution in [0.5, 0.6) is 0 Å². The summed E-state index contributed by atoms with van der Waals surface area (Å²) < 4.78 is 4.95. The maximum atomic E-state index is 2.47. The van der Waals surface area contributed by atoms with Crippen molar-refractivity contribution in [3.63, 3.8) is 0 Å². The van der Waals surface area contributed by atoms with Crippen molar-refractivity contribution >= 4 is 23.9 Å². The molecule has 0 bridgehead atoms. The summed E-state index contributed by atoms with van der Waals surface area (Å²) in [6, 6.07) is 43.0. The monoisotopic (exact) mass is 470 g/mol. The van der Waals surface area contributed by atoms with Crippen LogP contribution in [0.1, 0.15) is 22.3 Å². The molecular formula is C29H30N2S2. The van der Waals surface area contributed by atoms with Crippen LogP contribution in [0.25, 0.3) is 0 Å². The van der Waals surface area contributed by atoms with Gasteiger partial charge in [0.1, 0.15) is 0 Å². The van der Waals surface area contributed by atoms with E-state index in [1.807, 2.05) is 23.9 Å². The lowest BCUT2D eigenvalue weighted by atomic mass is 10.2. The Balaban J connectivity index is 1.40. The Morgan fingerprint density at radius 2 is 0.606 bits per heavy atom. The van der Waals surface area contributed by atoms with Crippen molar-refractivity contribution in [2.45, 2.75) is 26.2 Å². The predicted molar refractivity (Wildman–Crippen MR) is 144 cm³/mol. The largest absolute Gasteiger partial charge is 0.241 e. The van der Waals surface area contributed by atoms with E-state index in [9.17, 15) is 0 Å². The lowest BCUT2D eigenvalue weighted by Gasteiger charge is -2.25. The van der Waals surface area contributed by atoms with Crippen LogP contribution < -0.4 is 0 Å². The summed E-state index contributed by atoms with van der Waals surface area (Å²) in [5, 5.41) is 0.972. The molecule has 4 aromatic rings. The minimum absolute atomic E-state index is 0.929. The fourth-order valence-corrected chi connectivity index (χ4v) is 5.96. The molecule has 0 saturated heterocycles. The summed E-state index contributed by atoms with van der Waals surface area (Å²) in [6.45, 7) is 3.72. The summed E-state index contributed by atoms with van der Waals surface area (Å²) in [6.07, 6.45) is 0. The SMILES string of the molecule is c1ccc(CN(Cc2ccccc2)SCSN(Cc2ccccc2)Cc2ccccc2)cc1. The van der Waals surface area contributed by atoms with Gasteiger partial charge in [-0.05, 0) is 22.3 Å². The summed E-state index contributed by atoms with van der Waals surface area (Å²) >= 11 is 3.83. The molecule has 2 nitrogen and oxygen atoms in total. The number of rotatable bonds is 12. The molecule has 0 aliphatic rings. The highest BCUT2D eigenvalue weighted by Gasteiger charge is 2.12. The first kappa shape index (κ1) is 23.7. The third-order valence-corrected chi connectivity index (χ3v) is 7.37. The smallest absolute Gasteiger partial charge is 0.0687 e. The Kier molecular flexibility index (Phi) is 9.51. The highest BCUT2D eigenvalue weighted by atomic mass is 32.2. The Morgan fingerprint density at radius 3 is 0.848 bits per heavy atom. The van der Waals surface area contributed by atoms with E-state index in [1.165, 1.54) is 22.3 Å². The van der Waals surface area contributed by atoms with Gasteiger partial charge in [0.05, 0.1) is 5.08 Å². The van der Waals surface area contributed by atoms with Crippen molar-refractivity contribution in [2.24, 2.45) is 0 Å². The average Bonchev–Trinajstić information content (AvgIpc) is 2.86. The Labute approximate surface area is 206 Å². The zero-order valence-electron chi connectivity index (χ0n) is 18.8. The highest BCUT2D eigenvalue weighted by molar-refractivity contribution is 8.13. The van der Waals surface area contributed by atoms with Gasteiger partial charge >= 0.3 is 0 Å². The molecule has 0 fully saturated rings. The van der Waals surface area contributed by atoms with Crippen LogP contribution in [0.4, 0.5) is 0 Å². The average molecular weight is 471 g/mol. The Morgan fingerprint density at radius 1 is 0.364 bits per heavy atom. The second-order valence-corrected chi connectivity index (χ2v) is 10.4. The fourth-order valence-electron chi connectivity index (χ4n) is 3.62. The van der Waals surface area contributed by atoms with Crippen molar-refractivity contribution < 1.29 is 0 Å². The van der Waals surface area contributed by atoms with Gasteiger partial charge in [0.2, 0.25) is 0 Å². The molecule has 0 heterocycles. The normalized spacial score (nSPS) is 11.2. The minimum atomic E-state index is 0.929. The quantitative estimate of drug-likeness (QED) is 0.155. The molecule has 0 amide bonds. The Hall–Kier alpha value is -2.50. The van der Waals surface area contributed by atoms with E-state index >= 15 is 0 Å². The van der Waals surface area contributed by atoms with Crippen LogP contribution in [0.3, 0.4) is 0 Å². The van der Waals surface area contributed by atoms with Gasteiger partial charge < -0.3 is 0 Å². The molecule has 0 aliphatic heterocycles. The maximum Gasteiger partial charge on any atom is 0.0687 e. The van der Waals surface area contributed by atoms with Crippen molar-refractivity contribution in [3.05, 3.63) is 144 Å². The summed E-state index contributed by atoms with van der Waals surface area (Å²) in [7, 11) is 0. The minimum Gasteiger partial charge on any atom is -0.241 e. The van der Waals surface area contributed by atoms with Gasteiger partial charge in [-0.25, -0.2) is 8.61 Å². The molecule has 0 atom stereocenters. The van der Waals surface area contributed by atoms with Crippen molar-refractivity contribution in [1.29, 1.82) is 0 Å². The van der Waals surface area contributed by atoms with Crippen LogP contribution in [0.15, 0.2) is 121 Å². The van der Waals surface area contributed by atoms with Crippen LogP contribution in [-0.2, 0) is 26.2 Å². The van der Waals surface area contributed by atoms with E-state index < -0.39 is 0 Å². The van der Waals surface area contributed by atoms with E-state index in [4.69, 9.17) is 0 Å². The lowest BCUT2D eigenvalue weighted by molar-refractivity contribution is 0.458. The molecule has 33 heavy (non-hydrogen) atoms. The first-order chi connectivity index (χ1) is 16.3. The number of hydrogen-bond donors (Lipinski definition) is 0. The molecule has 0 aliphatic carbocycles. The van der Waals surface area contributed by atoms with E-state index in [-0.39, 0.29) is 0 Å². The molecule has 0 spiro atoms. The zero-order chi connectivity index (χ0) is 22.6. The van der Waals surface area contributed by atoms with E-state index in [2.05, 4.69) is 130 Å². The van der Waals surface area contributed by atoms with Crippen molar-refractivity contribution in [1.82, 2.24) is 8.61 Å². The standard InChI is InChI=1S/C29H30N2S2/c1-5-13-26(14-6-1)21-30(22-27-15-7-2-8-16-27)32-25-33-31(23-28-17-9-3-10-18-28)24-29-19-11-4-12-20-29/h1-20H,21-25H2. The van der Waals surface area contributed by atoms with Crippen LogP contribution >= 0.6 is 23.9 Å². The molecule has 168 valence electrons. The molecule has 0 radical (unpaired) electrons. The zero-order valence-corrected chi connectivity index (χ0v) is 20.4. The predicted octanol–water partition coefficient (Wildman–Crippen LogP) is 7.65. The van der Waals surface area contributed by atoms with Gasteiger partial charge in [-0.1, -0.05) is 145 Å². The van der Waals surface area contributed by atoms with Gasteiger partial charge in [-0.3, -0.25) is 0 Å². The molecule has 0 aromatic heterocycles. The summed E-state index contributed by atoms with van der Waals surface area (Å²) in [5.74, 6) is 0. The van der Waals surface area contributed by atoms with Gasteiger partial charge in [0.25, 0.3) is 0 Å². The molecule has 4 heteroatoms. The number of nitrogens with zero attached hydrogens (tertiary/aromatic N) is 2. The first-order valence-electron chi connectivity index (χ1n) is 11.3. The highest BCUT2D eigenvalue weighted by Crippen LogP contribution is 2.27. The van der Waals surface area contributed by atoms with Crippen LogP contribution in [0.2, 0.25) is 0 Å². The van der Waals surface area contributed by atoms with Crippen molar-refractivity contribution in [3.8, 4) is 0 Å². The lowest BCUT2D eigenvalue weighted by Crippen LogP contribution is -2.18. The molecule has 0 saturated carbocycles. The molecule has 0 unspecified atom stereocenters. The second-order valence-electron chi connectivity index (χ2n) is 7.91. The Bertz CT molecular complexity index is 874. The third-order valence-electron chi connectivity index (χ3n) is 5.28. The number of benzene rings is 4.